The van der Waals surface area contributed by atoms with Gasteiger partial charge in [0, 0.05) is 57.7 Å². The zero-order chi connectivity index (χ0) is 19.4. The summed E-state index contributed by atoms with van der Waals surface area (Å²) in [6, 6.07) is 2.27. The first kappa shape index (κ1) is 19.1. The maximum absolute atomic E-state index is 11.7. The minimum absolute atomic E-state index is 0.113. The van der Waals surface area contributed by atoms with Crippen molar-refractivity contribution >= 4 is 12.0 Å². The Hall–Kier alpha value is -2.68. The van der Waals surface area contributed by atoms with Gasteiger partial charge in [0.05, 0.1) is 24.5 Å². The van der Waals surface area contributed by atoms with Gasteiger partial charge in [-0.2, -0.15) is 5.10 Å². The Morgan fingerprint density at radius 1 is 1.26 bits per heavy atom. The number of anilines is 1. The van der Waals surface area contributed by atoms with Gasteiger partial charge in [-0.3, -0.25) is 9.58 Å². The lowest BCUT2D eigenvalue weighted by molar-refractivity contribution is 0.204. The van der Waals surface area contributed by atoms with Crippen molar-refractivity contribution < 1.29 is 4.79 Å². The van der Waals surface area contributed by atoms with Crippen LogP contribution in [0.2, 0.25) is 0 Å². The molecule has 0 radical (unpaired) electrons. The first-order chi connectivity index (χ1) is 12.9. The van der Waals surface area contributed by atoms with Gasteiger partial charge in [0.2, 0.25) is 5.95 Å². The van der Waals surface area contributed by atoms with E-state index in [4.69, 9.17) is 0 Å². The molecule has 1 aliphatic rings. The minimum Gasteiger partial charge on any atom is -0.352 e. The van der Waals surface area contributed by atoms with Crippen LogP contribution < -0.4 is 10.6 Å². The Bertz CT molecular complexity index is 768. The van der Waals surface area contributed by atoms with Crippen molar-refractivity contribution in [1.82, 2.24) is 34.9 Å². The van der Waals surface area contributed by atoms with E-state index in [2.05, 4.69) is 50.5 Å². The number of carbonyl (C=O) groups is 1. The number of nitrogens with one attached hydrogen (secondary N) is 2. The number of amides is 2. The molecule has 0 aliphatic carbocycles. The lowest BCUT2D eigenvalue weighted by Crippen LogP contribution is -2.34. The van der Waals surface area contributed by atoms with Gasteiger partial charge in [-0.15, -0.1) is 0 Å². The summed E-state index contributed by atoms with van der Waals surface area (Å²) < 4.78 is 2.03. The molecule has 1 aliphatic heterocycles. The molecule has 0 spiro atoms. The predicted octanol–water partition coefficient (Wildman–Crippen LogP) is 1.28. The van der Waals surface area contributed by atoms with E-state index in [0.29, 0.717) is 18.5 Å². The molecule has 9 nitrogen and oxygen atoms in total. The second-order valence-electron chi connectivity index (χ2n) is 7.33. The molecule has 0 saturated heterocycles. The van der Waals surface area contributed by atoms with E-state index in [-0.39, 0.29) is 6.03 Å². The summed E-state index contributed by atoms with van der Waals surface area (Å²) in [5.74, 6) is 0.662. The first-order valence-electron chi connectivity index (χ1n) is 9.21. The number of aromatic nitrogens is 4. The number of carbonyl (C=O) groups excluding carboxylic acids is 1. The standard InChI is InChI=1S/C18H28N8O/c1-13(2)22-17-19-8-14(9-20-17)11-25-5-6-26-16(12-25)7-15(23-26)10-21-18(27)24(3)4/h7-9,13H,5-6,10-12H2,1-4H3,(H,21,27)(H,19,20,22). The Balaban J connectivity index is 1.55. The monoisotopic (exact) mass is 372 g/mol. The van der Waals surface area contributed by atoms with E-state index in [1.807, 2.05) is 17.1 Å². The number of hydrogen-bond acceptors (Lipinski definition) is 6. The molecule has 0 atom stereocenters. The zero-order valence-electron chi connectivity index (χ0n) is 16.4. The first-order valence-corrected chi connectivity index (χ1v) is 9.21. The topological polar surface area (TPSA) is 91.2 Å². The number of fused-ring (bicyclic) bond motifs is 1. The molecule has 2 amide bonds. The maximum atomic E-state index is 11.7. The van der Waals surface area contributed by atoms with Gasteiger partial charge in [0.25, 0.3) is 0 Å². The maximum Gasteiger partial charge on any atom is 0.317 e. The number of rotatable bonds is 6. The van der Waals surface area contributed by atoms with Gasteiger partial charge in [-0.05, 0) is 19.9 Å². The second kappa shape index (κ2) is 8.34. The highest BCUT2D eigenvalue weighted by atomic mass is 16.2. The third kappa shape index (κ3) is 5.16. The van der Waals surface area contributed by atoms with Gasteiger partial charge < -0.3 is 15.5 Å². The summed E-state index contributed by atoms with van der Waals surface area (Å²) in [6.45, 7) is 7.95. The molecule has 146 valence electrons. The Morgan fingerprint density at radius 2 is 2.00 bits per heavy atom. The number of urea groups is 1. The molecular formula is C18H28N8O. The molecule has 9 heteroatoms. The lowest BCUT2D eigenvalue weighted by Gasteiger charge is -2.27. The highest BCUT2D eigenvalue weighted by Crippen LogP contribution is 2.16. The van der Waals surface area contributed by atoms with E-state index in [1.54, 1.807) is 14.1 Å². The highest BCUT2D eigenvalue weighted by molar-refractivity contribution is 5.73. The fraction of sp³-hybridized carbons (Fsp3) is 0.556. The van der Waals surface area contributed by atoms with Crippen molar-refractivity contribution in [2.24, 2.45) is 0 Å². The molecule has 27 heavy (non-hydrogen) atoms. The Labute approximate surface area is 159 Å². The van der Waals surface area contributed by atoms with Crippen LogP contribution >= 0.6 is 0 Å². The highest BCUT2D eigenvalue weighted by Gasteiger charge is 2.19. The van der Waals surface area contributed by atoms with Gasteiger partial charge >= 0.3 is 6.03 Å². The fourth-order valence-corrected chi connectivity index (χ4v) is 2.95. The molecule has 0 saturated carbocycles. The lowest BCUT2D eigenvalue weighted by atomic mass is 10.2. The van der Waals surface area contributed by atoms with Crippen molar-refractivity contribution in [3.63, 3.8) is 0 Å². The summed E-state index contributed by atoms with van der Waals surface area (Å²) in [6.07, 6.45) is 3.76. The zero-order valence-corrected chi connectivity index (χ0v) is 16.4. The molecule has 2 aromatic rings. The van der Waals surface area contributed by atoms with Crippen LogP contribution in [0.4, 0.5) is 10.7 Å². The molecule has 3 rings (SSSR count). The SMILES string of the molecule is CC(C)Nc1ncc(CN2CCn3nc(CNC(=O)N(C)C)cc3C2)cn1. The van der Waals surface area contributed by atoms with Crippen molar-refractivity contribution in [1.29, 1.82) is 0 Å². The van der Waals surface area contributed by atoms with Crippen LogP contribution in [0, 0.1) is 0 Å². The van der Waals surface area contributed by atoms with Crippen LogP contribution in [0.3, 0.4) is 0 Å². The molecule has 0 unspecified atom stereocenters. The number of nitrogens with zero attached hydrogens (tertiary/aromatic N) is 6. The smallest absolute Gasteiger partial charge is 0.317 e. The van der Waals surface area contributed by atoms with E-state index in [0.717, 1.165) is 43.1 Å². The summed E-state index contributed by atoms with van der Waals surface area (Å²) in [4.78, 5) is 24.3. The van der Waals surface area contributed by atoms with Gasteiger partial charge in [-0.25, -0.2) is 14.8 Å². The second-order valence-corrected chi connectivity index (χ2v) is 7.33. The Morgan fingerprint density at radius 3 is 2.67 bits per heavy atom. The van der Waals surface area contributed by atoms with Crippen LogP contribution in [0.25, 0.3) is 0 Å². The quantitative estimate of drug-likeness (QED) is 0.794. The van der Waals surface area contributed by atoms with Gasteiger partial charge in [0.15, 0.2) is 0 Å². The molecule has 2 N–H and O–H groups in total. The third-order valence-electron chi connectivity index (χ3n) is 4.28. The summed E-state index contributed by atoms with van der Waals surface area (Å²) in [7, 11) is 3.45. The Kier molecular flexibility index (Phi) is 5.90. The average Bonchev–Trinajstić information content (AvgIpc) is 3.03. The number of hydrogen-bond donors (Lipinski definition) is 2. The van der Waals surface area contributed by atoms with Crippen LogP contribution in [0.1, 0.15) is 30.8 Å². The third-order valence-corrected chi connectivity index (χ3v) is 4.28. The molecular weight excluding hydrogens is 344 g/mol. The molecule has 2 aromatic heterocycles. The van der Waals surface area contributed by atoms with E-state index in [9.17, 15) is 4.79 Å². The van der Waals surface area contributed by atoms with Gasteiger partial charge in [0.1, 0.15) is 0 Å². The normalized spacial score (nSPS) is 14.1. The minimum atomic E-state index is -0.113. The van der Waals surface area contributed by atoms with Gasteiger partial charge in [-0.1, -0.05) is 0 Å². The van der Waals surface area contributed by atoms with E-state index < -0.39 is 0 Å². The molecule has 0 fully saturated rings. The summed E-state index contributed by atoms with van der Waals surface area (Å²) >= 11 is 0. The molecule has 0 bridgehead atoms. The molecule has 0 aromatic carbocycles. The summed E-state index contributed by atoms with van der Waals surface area (Å²) in [5, 5.41) is 10.6. The van der Waals surface area contributed by atoms with E-state index >= 15 is 0 Å². The van der Waals surface area contributed by atoms with Crippen LogP contribution in [0.15, 0.2) is 18.5 Å². The van der Waals surface area contributed by atoms with E-state index in [1.165, 1.54) is 4.90 Å². The van der Waals surface area contributed by atoms with Crippen molar-refractivity contribution in [2.75, 3.05) is 26.0 Å². The van der Waals surface area contributed by atoms with Crippen LogP contribution in [0.5, 0.6) is 0 Å². The van der Waals surface area contributed by atoms with Crippen molar-refractivity contribution in [3.05, 3.63) is 35.4 Å². The molecule has 3 heterocycles. The summed E-state index contributed by atoms with van der Waals surface area (Å²) in [5.41, 5.74) is 3.14. The predicted molar refractivity (Wildman–Crippen MR) is 103 cm³/mol. The largest absolute Gasteiger partial charge is 0.352 e. The van der Waals surface area contributed by atoms with Crippen LogP contribution in [-0.2, 0) is 26.2 Å². The average molecular weight is 372 g/mol. The van der Waals surface area contributed by atoms with Crippen molar-refractivity contribution in [2.45, 2.75) is 46.1 Å². The van der Waals surface area contributed by atoms with Crippen LogP contribution in [-0.4, -0.2) is 62.3 Å². The fourth-order valence-electron chi connectivity index (χ4n) is 2.95. The van der Waals surface area contributed by atoms with Crippen molar-refractivity contribution in [3.8, 4) is 0 Å².